The van der Waals surface area contributed by atoms with Gasteiger partial charge in [-0.3, -0.25) is 0 Å². The number of amides is 1. The van der Waals surface area contributed by atoms with E-state index in [0.29, 0.717) is 24.6 Å². The molecule has 0 saturated heterocycles. The first-order valence-electron chi connectivity index (χ1n) is 7.45. The van der Waals surface area contributed by atoms with Gasteiger partial charge < -0.3 is 23.9 Å². The molecule has 0 saturated carbocycles. The average Bonchev–Trinajstić information content (AvgIpc) is 3.27. The van der Waals surface area contributed by atoms with Crippen molar-refractivity contribution in [2.24, 2.45) is 0 Å². The van der Waals surface area contributed by atoms with E-state index in [1.165, 1.54) is 12.3 Å². The lowest BCUT2D eigenvalue weighted by molar-refractivity contribution is 0.196. The number of benzene rings is 1. The van der Waals surface area contributed by atoms with Crippen LogP contribution >= 0.6 is 0 Å². The molecule has 7 heteroatoms. The first-order chi connectivity index (χ1) is 11.7. The zero-order chi connectivity index (χ0) is 16.8. The zero-order valence-electron chi connectivity index (χ0n) is 13.1. The largest absolute Gasteiger partial charge is 0.461 e. The van der Waals surface area contributed by atoms with Crippen molar-refractivity contribution in [1.82, 2.24) is 10.5 Å². The molecule has 3 aromatic rings. The fraction of sp³-hybridized carbons (Fsp3) is 0.176. The van der Waals surface area contributed by atoms with Crippen molar-refractivity contribution in [3.05, 3.63) is 54.8 Å². The molecule has 0 bridgehead atoms. The fourth-order valence-electron chi connectivity index (χ4n) is 2.11. The molecule has 2 heterocycles. The number of carbonyl (C=O) groups excluding carboxylic acids is 1. The summed E-state index contributed by atoms with van der Waals surface area (Å²) in [6, 6.07) is 14.9. The minimum Gasteiger partial charge on any atom is -0.461 e. The maximum absolute atomic E-state index is 11.8. The van der Waals surface area contributed by atoms with Crippen molar-refractivity contribution in [3.8, 4) is 17.4 Å². The van der Waals surface area contributed by atoms with E-state index in [0.717, 1.165) is 5.69 Å². The van der Waals surface area contributed by atoms with Gasteiger partial charge in [0.05, 0.1) is 12.3 Å². The Morgan fingerprint density at radius 2 is 2.04 bits per heavy atom. The predicted molar refractivity (Wildman–Crippen MR) is 87.9 cm³/mol. The van der Waals surface area contributed by atoms with Crippen LogP contribution in [0.2, 0.25) is 0 Å². The van der Waals surface area contributed by atoms with Gasteiger partial charge in [0.1, 0.15) is 0 Å². The summed E-state index contributed by atoms with van der Waals surface area (Å²) in [5.74, 6) is 0.990. The van der Waals surface area contributed by atoms with Crippen LogP contribution in [0.5, 0.6) is 5.88 Å². The fourth-order valence-corrected chi connectivity index (χ4v) is 2.11. The van der Waals surface area contributed by atoms with Crippen LogP contribution in [0.15, 0.2) is 63.7 Å². The summed E-state index contributed by atoms with van der Waals surface area (Å²) in [6.07, 6.45) is 0.935. The van der Waals surface area contributed by atoms with Gasteiger partial charge in [-0.15, -0.1) is 0 Å². The molecule has 1 amide bonds. The number of hydrogen-bond donors (Lipinski definition) is 1. The molecule has 7 nitrogen and oxygen atoms in total. The van der Waals surface area contributed by atoms with Crippen LogP contribution in [-0.4, -0.2) is 31.4 Å². The van der Waals surface area contributed by atoms with E-state index < -0.39 is 6.09 Å². The van der Waals surface area contributed by atoms with Gasteiger partial charge in [0.25, 0.3) is 5.88 Å². The van der Waals surface area contributed by atoms with E-state index in [9.17, 15) is 4.79 Å². The molecule has 0 aliphatic carbocycles. The van der Waals surface area contributed by atoms with Gasteiger partial charge in [0, 0.05) is 25.8 Å². The summed E-state index contributed by atoms with van der Waals surface area (Å²) in [6.45, 7) is 1.09. The van der Waals surface area contributed by atoms with E-state index in [-0.39, 0.29) is 5.88 Å². The van der Waals surface area contributed by atoms with Crippen molar-refractivity contribution in [2.75, 3.05) is 25.0 Å². The minimum atomic E-state index is -0.587. The van der Waals surface area contributed by atoms with Crippen LogP contribution in [0.1, 0.15) is 0 Å². The number of nitrogens with zero attached hydrogens (tertiary/aromatic N) is 2. The summed E-state index contributed by atoms with van der Waals surface area (Å²) in [4.78, 5) is 13.8. The van der Waals surface area contributed by atoms with E-state index in [1.54, 1.807) is 12.1 Å². The molecule has 0 unspecified atom stereocenters. The number of aromatic nitrogens is 1. The summed E-state index contributed by atoms with van der Waals surface area (Å²) in [7, 11) is 1.95. The third kappa shape index (κ3) is 3.95. The molecule has 0 spiro atoms. The molecular weight excluding hydrogens is 310 g/mol. The van der Waals surface area contributed by atoms with Gasteiger partial charge in [-0.2, -0.15) is 0 Å². The van der Waals surface area contributed by atoms with Crippen molar-refractivity contribution in [1.29, 1.82) is 0 Å². The molecule has 0 radical (unpaired) electrons. The molecule has 0 aliphatic heterocycles. The highest BCUT2D eigenvalue weighted by Gasteiger charge is 2.13. The molecule has 1 aromatic carbocycles. The summed E-state index contributed by atoms with van der Waals surface area (Å²) in [5, 5.41) is 6.34. The van der Waals surface area contributed by atoms with E-state index in [2.05, 4.69) is 10.5 Å². The Hall–Kier alpha value is -3.22. The number of rotatable bonds is 6. The Labute approximate surface area is 138 Å². The van der Waals surface area contributed by atoms with Gasteiger partial charge in [0.15, 0.2) is 5.76 Å². The zero-order valence-corrected chi connectivity index (χ0v) is 13.1. The van der Waals surface area contributed by atoms with Crippen LogP contribution in [0, 0.1) is 0 Å². The van der Waals surface area contributed by atoms with Gasteiger partial charge in [-0.1, -0.05) is 18.2 Å². The molecular formula is C17H17N3O4. The Morgan fingerprint density at radius 3 is 2.79 bits per heavy atom. The maximum Gasteiger partial charge on any atom is 0.414 e. The molecule has 124 valence electrons. The lowest BCUT2D eigenvalue weighted by atomic mass is 10.3. The molecule has 24 heavy (non-hydrogen) atoms. The van der Waals surface area contributed by atoms with Crippen LogP contribution < -0.4 is 15.0 Å². The third-order valence-electron chi connectivity index (χ3n) is 3.36. The molecule has 0 atom stereocenters. The van der Waals surface area contributed by atoms with Crippen molar-refractivity contribution < 1.29 is 18.5 Å². The Balaban J connectivity index is 1.44. The quantitative estimate of drug-likeness (QED) is 0.749. The van der Waals surface area contributed by atoms with Crippen molar-refractivity contribution in [2.45, 2.75) is 0 Å². The van der Waals surface area contributed by atoms with Crippen molar-refractivity contribution in [3.63, 3.8) is 0 Å². The first kappa shape index (κ1) is 15.7. The first-order valence-corrected chi connectivity index (χ1v) is 7.45. The van der Waals surface area contributed by atoms with Crippen LogP contribution in [0.3, 0.4) is 0 Å². The van der Waals surface area contributed by atoms with E-state index in [4.69, 9.17) is 13.7 Å². The molecule has 3 rings (SSSR count). The van der Waals surface area contributed by atoms with Gasteiger partial charge >= 0.3 is 6.09 Å². The highest BCUT2D eigenvalue weighted by molar-refractivity contribution is 5.70. The molecule has 0 aliphatic rings. The second-order valence-electron chi connectivity index (χ2n) is 5.08. The van der Waals surface area contributed by atoms with Crippen LogP contribution in [0.4, 0.5) is 10.5 Å². The van der Waals surface area contributed by atoms with Crippen LogP contribution in [0.25, 0.3) is 11.5 Å². The van der Waals surface area contributed by atoms with Crippen molar-refractivity contribution >= 4 is 11.8 Å². The number of likely N-dealkylation sites (N-methyl/N-ethyl adjacent to an activating group) is 1. The molecule has 0 fully saturated rings. The lowest BCUT2D eigenvalue weighted by Gasteiger charge is -2.19. The second-order valence-corrected chi connectivity index (χ2v) is 5.08. The lowest BCUT2D eigenvalue weighted by Crippen LogP contribution is -2.34. The molecule has 2 aromatic heterocycles. The molecule has 1 N–H and O–H groups in total. The SMILES string of the molecule is CN(CCNC(=O)Oc1cc(-c2ccco2)on1)c1ccccc1. The number of hydrogen-bond acceptors (Lipinski definition) is 6. The van der Waals surface area contributed by atoms with E-state index in [1.807, 2.05) is 42.3 Å². The predicted octanol–water partition coefficient (Wildman–Crippen LogP) is 3.16. The van der Waals surface area contributed by atoms with Crippen LogP contribution in [-0.2, 0) is 0 Å². The number of para-hydroxylation sites is 1. The average molecular weight is 327 g/mol. The van der Waals surface area contributed by atoms with Gasteiger partial charge in [-0.05, 0) is 29.4 Å². The summed E-state index contributed by atoms with van der Waals surface area (Å²) >= 11 is 0. The Bertz CT molecular complexity index is 768. The normalized spacial score (nSPS) is 10.4. The Morgan fingerprint density at radius 1 is 1.21 bits per heavy atom. The smallest absolute Gasteiger partial charge is 0.414 e. The number of furan rings is 1. The number of ether oxygens (including phenoxy) is 1. The van der Waals surface area contributed by atoms with E-state index >= 15 is 0 Å². The monoisotopic (exact) mass is 327 g/mol. The Kier molecular flexibility index (Phi) is 4.81. The second kappa shape index (κ2) is 7.36. The highest BCUT2D eigenvalue weighted by atomic mass is 16.6. The maximum atomic E-state index is 11.8. The number of nitrogens with one attached hydrogen (secondary N) is 1. The summed E-state index contributed by atoms with van der Waals surface area (Å²) < 4.78 is 15.3. The van der Waals surface area contributed by atoms with Gasteiger partial charge in [-0.25, -0.2) is 4.79 Å². The standard InChI is InChI=1S/C17H17N3O4/c1-20(13-6-3-2-4-7-13)10-9-18-17(21)23-16-12-15(24-19-16)14-8-5-11-22-14/h2-8,11-12H,9-10H2,1H3,(H,18,21). The number of carbonyl (C=O) groups is 1. The highest BCUT2D eigenvalue weighted by Crippen LogP contribution is 2.23. The summed E-state index contributed by atoms with van der Waals surface area (Å²) in [5.41, 5.74) is 1.08. The minimum absolute atomic E-state index is 0.0790. The third-order valence-corrected chi connectivity index (χ3v) is 3.36. The topological polar surface area (TPSA) is 80.7 Å². The number of anilines is 1. The van der Waals surface area contributed by atoms with Gasteiger partial charge in [0.2, 0.25) is 5.76 Å².